The smallest absolute Gasteiger partial charge is 0.231 e. The van der Waals surface area contributed by atoms with Gasteiger partial charge in [-0.2, -0.15) is 0 Å². The number of fused-ring (bicyclic) bond motifs is 1. The van der Waals surface area contributed by atoms with Crippen LogP contribution in [0, 0.1) is 5.92 Å². The van der Waals surface area contributed by atoms with E-state index in [4.69, 9.17) is 17.3 Å². The van der Waals surface area contributed by atoms with Gasteiger partial charge in [-0.3, -0.25) is 9.59 Å². The summed E-state index contributed by atoms with van der Waals surface area (Å²) in [5, 5.41) is 3.57. The van der Waals surface area contributed by atoms with Gasteiger partial charge < -0.3 is 16.0 Å². The van der Waals surface area contributed by atoms with E-state index in [0.717, 1.165) is 41.8 Å². The molecule has 0 radical (unpaired) electrons. The average Bonchev–Trinajstić information content (AvgIpc) is 3.20. The SMILES string of the molecule is N[C@@H]1CCC[C@H]1CC(=O)Nc1ccc(CN2C(=O)Cc3ccc(Cl)cc32)cc1. The first-order valence-electron chi connectivity index (χ1n) is 9.73. The Labute approximate surface area is 169 Å². The Bertz CT molecular complexity index is 897. The predicted molar refractivity (Wildman–Crippen MR) is 111 cm³/mol. The van der Waals surface area contributed by atoms with Crippen molar-refractivity contribution in [1.82, 2.24) is 0 Å². The molecule has 2 amide bonds. The number of carbonyl (C=O) groups excluding carboxylic acids is 2. The van der Waals surface area contributed by atoms with E-state index in [9.17, 15) is 9.59 Å². The van der Waals surface area contributed by atoms with Crippen LogP contribution in [0.1, 0.15) is 36.8 Å². The van der Waals surface area contributed by atoms with Gasteiger partial charge in [0.25, 0.3) is 0 Å². The van der Waals surface area contributed by atoms with Crippen LogP contribution in [0.4, 0.5) is 11.4 Å². The lowest BCUT2D eigenvalue weighted by molar-refractivity contribution is -0.118. The zero-order valence-corrected chi connectivity index (χ0v) is 16.4. The van der Waals surface area contributed by atoms with E-state index in [0.29, 0.717) is 24.4 Å². The summed E-state index contributed by atoms with van der Waals surface area (Å²) in [6.45, 7) is 0.483. The first kappa shape index (κ1) is 19.0. The number of anilines is 2. The largest absolute Gasteiger partial charge is 0.327 e. The van der Waals surface area contributed by atoms with Crippen molar-refractivity contribution < 1.29 is 9.59 Å². The highest BCUT2D eigenvalue weighted by molar-refractivity contribution is 6.31. The number of rotatable bonds is 5. The second-order valence-corrected chi connectivity index (χ2v) is 8.17. The third kappa shape index (κ3) is 4.05. The Morgan fingerprint density at radius 2 is 1.96 bits per heavy atom. The standard InChI is InChI=1S/C22H24ClN3O2/c23-17-7-6-16-11-22(28)26(20(16)12-17)13-14-4-8-18(9-5-14)25-21(27)10-15-2-1-3-19(15)24/h4-9,12,15,19H,1-3,10-11,13,24H2,(H,25,27)/t15-,19+/m0/s1. The van der Waals surface area contributed by atoms with Crippen molar-refractivity contribution in [2.24, 2.45) is 11.7 Å². The van der Waals surface area contributed by atoms with Crippen LogP contribution in [0.25, 0.3) is 0 Å². The van der Waals surface area contributed by atoms with Gasteiger partial charge >= 0.3 is 0 Å². The molecule has 2 atom stereocenters. The van der Waals surface area contributed by atoms with Gasteiger partial charge in [0.15, 0.2) is 0 Å². The maximum absolute atomic E-state index is 12.4. The van der Waals surface area contributed by atoms with Crippen LogP contribution >= 0.6 is 11.6 Å². The molecule has 3 N–H and O–H groups in total. The second kappa shape index (κ2) is 7.94. The maximum atomic E-state index is 12.4. The van der Waals surface area contributed by atoms with Crippen molar-refractivity contribution in [3.8, 4) is 0 Å². The summed E-state index contributed by atoms with van der Waals surface area (Å²) >= 11 is 6.09. The summed E-state index contributed by atoms with van der Waals surface area (Å²) in [5.74, 6) is 0.364. The van der Waals surface area contributed by atoms with Crippen LogP contribution in [0.15, 0.2) is 42.5 Å². The van der Waals surface area contributed by atoms with Crippen LogP contribution in [0.3, 0.4) is 0 Å². The van der Waals surface area contributed by atoms with Gasteiger partial charge in [-0.25, -0.2) is 0 Å². The quantitative estimate of drug-likeness (QED) is 0.803. The lowest BCUT2D eigenvalue weighted by Gasteiger charge is -2.18. The number of nitrogens with zero attached hydrogens (tertiary/aromatic N) is 1. The molecule has 1 aliphatic carbocycles. The summed E-state index contributed by atoms with van der Waals surface area (Å²) in [4.78, 5) is 26.4. The third-order valence-corrected chi connectivity index (χ3v) is 5.96. The number of benzene rings is 2. The van der Waals surface area contributed by atoms with E-state index in [1.165, 1.54) is 0 Å². The minimum Gasteiger partial charge on any atom is -0.327 e. The fourth-order valence-corrected chi connectivity index (χ4v) is 4.32. The third-order valence-electron chi connectivity index (χ3n) is 5.72. The van der Waals surface area contributed by atoms with Crippen LogP contribution in [0.5, 0.6) is 0 Å². The van der Waals surface area contributed by atoms with E-state index in [2.05, 4.69) is 5.32 Å². The summed E-state index contributed by atoms with van der Waals surface area (Å²) in [5.41, 5.74) is 9.69. The Kier molecular flexibility index (Phi) is 5.38. The van der Waals surface area contributed by atoms with Crippen LogP contribution in [-0.4, -0.2) is 17.9 Å². The highest BCUT2D eigenvalue weighted by atomic mass is 35.5. The predicted octanol–water partition coefficient (Wildman–Crippen LogP) is 3.89. The molecule has 1 saturated carbocycles. The first-order chi connectivity index (χ1) is 13.5. The molecule has 1 fully saturated rings. The Hall–Kier alpha value is -2.37. The molecule has 5 nitrogen and oxygen atoms in total. The number of hydrogen-bond acceptors (Lipinski definition) is 3. The second-order valence-electron chi connectivity index (χ2n) is 7.73. The lowest BCUT2D eigenvalue weighted by atomic mass is 10.00. The molecule has 2 aliphatic rings. The molecule has 146 valence electrons. The molecular formula is C22H24ClN3O2. The van der Waals surface area contributed by atoms with E-state index < -0.39 is 0 Å². The number of nitrogens with two attached hydrogens (primary N) is 1. The summed E-state index contributed by atoms with van der Waals surface area (Å²) in [6, 6.07) is 13.3. The molecule has 0 unspecified atom stereocenters. The van der Waals surface area contributed by atoms with Gasteiger partial charge in [0.05, 0.1) is 13.0 Å². The van der Waals surface area contributed by atoms with Gasteiger partial charge in [0.2, 0.25) is 11.8 Å². The summed E-state index contributed by atoms with van der Waals surface area (Å²) < 4.78 is 0. The van der Waals surface area contributed by atoms with Gasteiger partial charge in [-0.15, -0.1) is 0 Å². The van der Waals surface area contributed by atoms with Crippen LogP contribution in [0.2, 0.25) is 5.02 Å². The van der Waals surface area contributed by atoms with Gasteiger partial charge in [0, 0.05) is 28.9 Å². The highest BCUT2D eigenvalue weighted by Crippen LogP contribution is 2.33. The minimum atomic E-state index is 0.00777. The molecule has 0 saturated heterocycles. The number of amides is 2. The zero-order valence-electron chi connectivity index (χ0n) is 15.7. The Morgan fingerprint density at radius 1 is 1.18 bits per heavy atom. The Balaban J connectivity index is 1.38. The van der Waals surface area contributed by atoms with Crippen molar-refractivity contribution >= 4 is 34.8 Å². The van der Waals surface area contributed by atoms with Crippen molar-refractivity contribution in [3.63, 3.8) is 0 Å². The summed E-state index contributed by atoms with van der Waals surface area (Å²) in [6.07, 6.45) is 4.03. The van der Waals surface area contributed by atoms with E-state index >= 15 is 0 Å². The van der Waals surface area contributed by atoms with Crippen molar-refractivity contribution in [2.45, 2.75) is 44.7 Å². The molecule has 1 heterocycles. The number of hydrogen-bond donors (Lipinski definition) is 2. The fraction of sp³-hybridized carbons (Fsp3) is 0.364. The maximum Gasteiger partial charge on any atom is 0.231 e. The summed E-state index contributed by atoms with van der Waals surface area (Å²) in [7, 11) is 0. The molecule has 0 aromatic heterocycles. The van der Waals surface area contributed by atoms with Gasteiger partial charge in [0.1, 0.15) is 0 Å². The zero-order chi connectivity index (χ0) is 19.7. The average molecular weight is 398 g/mol. The fourth-order valence-electron chi connectivity index (χ4n) is 4.15. The van der Waals surface area contributed by atoms with E-state index in [1.807, 2.05) is 42.5 Å². The first-order valence-corrected chi connectivity index (χ1v) is 10.1. The monoisotopic (exact) mass is 397 g/mol. The lowest BCUT2D eigenvalue weighted by Crippen LogP contribution is -2.28. The van der Waals surface area contributed by atoms with Crippen molar-refractivity contribution in [2.75, 3.05) is 10.2 Å². The molecule has 0 bridgehead atoms. The van der Waals surface area contributed by atoms with E-state index in [-0.39, 0.29) is 23.8 Å². The molecule has 2 aromatic carbocycles. The molecule has 2 aromatic rings. The van der Waals surface area contributed by atoms with Gasteiger partial charge in [-0.1, -0.05) is 36.2 Å². The van der Waals surface area contributed by atoms with Crippen LogP contribution in [-0.2, 0) is 22.6 Å². The Morgan fingerprint density at radius 3 is 2.68 bits per heavy atom. The molecular weight excluding hydrogens is 374 g/mol. The van der Waals surface area contributed by atoms with E-state index in [1.54, 1.807) is 4.90 Å². The molecule has 6 heteroatoms. The topological polar surface area (TPSA) is 75.4 Å². The number of halogens is 1. The van der Waals surface area contributed by atoms with Crippen molar-refractivity contribution in [1.29, 1.82) is 0 Å². The molecule has 1 aliphatic heterocycles. The minimum absolute atomic E-state index is 0.00777. The van der Waals surface area contributed by atoms with Crippen molar-refractivity contribution in [3.05, 3.63) is 58.6 Å². The number of carbonyl (C=O) groups is 2. The molecule has 28 heavy (non-hydrogen) atoms. The van der Waals surface area contributed by atoms with Gasteiger partial charge in [-0.05, 0) is 54.2 Å². The highest BCUT2D eigenvalue weighted by Gasteiger charge is 2.28. The molecule has 0 spiro atoms. The number of nitrogens with one attached hydrogen (secondary N) is 1. The van der Waals surface area contributed by atoms with Crippen LogP contribution < -0.4 is 16.0 Å². The molecule has 4 rings (SSSR count). The normalized spacial score (nSPS) is 21.1.